The van der Waals surface area contributed by atoms with Crippen molar-refractivity contribution in [2.45, 2.75) is 19.3 Å². The van der Waals surface area contributed by atoms with E-state index in [1.54, 1.807) is 0 Å². The van der Waals surface area contributed by atoms with Crippen LogP contribution in [0.15, 0.2) is 180 Å². The second kappa shape index (κ2) is 11.3. The second-order valence-corrected chi connectivity index (χ2v) is 14.1. The highest BCUT2D eigenvalue weighted by Crippen LogP contribution is 2.56. The van der Waals surface area contributed by atoms with Gasteiger partial charge in [0.15, 0.2) is 5.58 Å². The SMILES string of the molecule is CC1(C)c2ccccc2-c2c(N(c3ccc(-c4ccccc4)cc3-c3ccccc3)c3cc4ccccc4c4c3oc3ccccc34)cccc21. The third kappa shape index (κ3) is 4.50. The molecule has 2 nitrogen and oxygen atoms in total. The Bertz CT molecular complexity index is 2770. The van der Waals surface area contributed by atoms with E-state index in [9.17, 15) is 0 Å². The number of rotatable bonds is 5. The van der Waals surface area contributed by atoms with E-state index in [4.69, 9.17) is 4.42 Å². The lowest BCUT2D eigenvalue weighted by Crippen LogP contribution is -2.16. The Morgan fingerprint density at radius 3 is 1.94 bits per heavy atom. The van der Waals surface area contributed by atoms with Crippen molar-refractivity contribution >= 4 is 49.8 Å². The topological polar surface area (TPSA) is 16.4 Å². The molecule has 8 aromatic carbocycles. The lowest BCUT2D eigenvalue weighted by molar-refractivity contribution is 0.660. The minimum absolute atomic E-state index is 0.148. The largest absolute Gasteiger partial charge is 0.454 e. The van der Waals surface area contributed by atoms with Crippen LogP contribution in [0.25, 0.3) is 66.1 Å². The second-order valence-electron chi connectivity index (χ2n) is 14.1. The van der Waals surface area contributed by atoms with Crippen molar-refractivity contribution in [3.8, 4) is 33.4 Å². The van der Waals surface area contributed by atoms with Crippen molar-refractivity contribution in [2.75, 3.05) is 4.90 Å². The van der Waals surface area contributed by atoms with E-state index in [0.717, 1.165) is 50.1 Å². The maximum Gasteiger partial charge on any atom is 0.160 e. The molecule has 0 radical (unpaired) electrons. The Morgan fingerprint density at radius 1 is 0.451 bits per heavy atom. The summed E-state index contributed by atoms with van der Waals surface area (Å²) < 4.78 is 6.94. The number of anilines is 3. The van der Waals surface area contributed by atoms with E-state index in [0.29, 0.717) is 0 Å². The molecule has 2 heteroatoms. The molecule has 0 bridgehead atoms. The van der Waals surface area contributed by atoms with Gasteiger partial charge in [-0.2, -0.15) is 0 Å². The summed E-state index contributed by atoms with van der Waals surface area (Å²) in [4.78, 5) is 2.48. The monoisotopic (exact) mass is 653 g/mol. The highest BCUT2D eigenvalue weighted by Gasteiger charge is 2.38. The van der Waals surface area contributed by atoms with Gasteiger partial charge in [0.1, 0.15) is 5.58 Å². The first-order valence-corrected chi connectivity index (χ1v) is 17.7. The molecular formula is C49H35NO. The van der Waals surface area contributed by atoms with Gasteiger partial charge in [0.2, 0.25) is 0 Å². The minimum atomic E-state index is -0.148. The smallest absolute Gasteiger partial charge is 0.160 e. The molecule has 51 heavy (non-hydrogen) atoms. The summed E-state index contributed by atoms with van der Waals surface area (Å²) in [6, 6.07) is 63.6. The zero-order valence-corrected chi connectivity index (χ0v) is 28.6. The number of nitrogens with zero attached hydrogens (tertiary/aromatic N) is 1. The van der Waals surface area contributed by atoms with Gasteiger partial charge in [0, 0.05) is 27.3 Å². The zero-order chi connectivity index (χ0) is 34.1. The average Bonchev–Trinajstić information content (AvgIpc) is 3.69. The number of benzene rings is 8. The summed E-state index contributed by atoms with van der Waals surface area (Å²) in [5, 5.41) is 4.62. The molecular weight excluding hydrogens is 619 g/mol. The first-order valence-electron chi connectivity index (χ1n) is 17.7. The quantitative estimate of drug-likeness (QED) is 0.184. The third-order valence-corrected chi connectivity index (χ3v) is 10.8. The van der Waals surface area contributed by atoms with Gasteiger partial charge in [0.05, 0.1) is 17.1 Å². The first kappa shape index (κ1) is 29.5. The molecule has 1 heterocycles. The van der Waals surface area contributed by atoms with Gasteiger partial charge in [-0.15, -0.1) is 0 Å². The number of furan rings is 1. The predicted molar refractivity (Wildman–Crippen MR) is 214 cm³/mol. The summed E-state index contributed by atoms with van der Waals surface area (Å²) in [7, 11) is 0. The Morgan fingerprint density at radius 2 is 1.12 bits per heavy atom. The van der Waals surface area contributed by atoms with Crippen LogP contribution in [-0.2, 0) is 5.41 Å². The molecule has 1 aromatic heterocycles. The van der Waals surface area contributed by atoms with Gasteiger partial charge >= 0.3 is 0 Å². The fraction of sp³-hybridized carbons (Fsp3) is 0.0612. The van der Waals surface area contributed by atoms with Crippen molar-refractivity contribution in [2.24, 2.45) is 0 Å². The van der Waals surface area contributed by atoms with Crippen LogP contribution in [0.1, 0.15) is 25.0 Å². The van der Waals surface area contributed by atoms with Crippen LogP contribution in [0.4, 0.5) is 17.1 Å². The summed E-state index contributed by atoms with van der Waals surface area (Å²) in [5.41, 5.74) is 14.8. The van der Waals surface area contributed by atoms with Gasteiger partial charge in [-0.05, 0) is 74.5 Å². The minimum Gasteiger partial charge on any atom is -0.454 e. The molecule has 1 aliphatic rings. The Kier molecular flexibility index (Phi) is 6.56. The van der Waals surface area contributed by atoms with Crippen molar-refractivity contribution in [1.29, 1.82) is 0 Å². The van der Waals surface area contributed by atoms with E-state index >= 15 is 0 Å². The van der Waals surface area contributed by atoms with E-state index in [1.165, 1.54) is 44.2 Å². The van der Waals surface area contributed by atoms with Crippen LogP contribution in [0.2, 0.25) is 0 Å². The molecule has 0 N–H and O–H groups in total. The number of fused-ring (bicyclic) bond motifs is 8. The van der Waals surface area contributed by atoms with Crippen molar-refractivity contribution in [3.05, 3.63) is 187 Å². The normalized spacial score (nSPS) is 13.1. The first-order chi connectivity index (χ1) is 25.1. The Balaban J connectivity index is 1.36. The van der Waals surface area contributed by atoms with E-state index < -0.39 is 0 Å². The summed E-state index contributed by atoms with van der Waals surface area (Å²) in [5.74, 6) is 0. The van der Waals surface area contributed by atoms with Gasteiger partial charge in [-0.25, -0.2) is 0 Å². The van der Waals surface area contributed by atoms with Gasteiger partial charge in [-0.3, -0.25) is 0 Å². The van der Waals surface area contributed by atoms with Crippen LogP contribution >= 0.6 is 0 Å². The summed E-state index contributed by atoms with van der Waals surface area (Å²) >= 11 is 0. The fourth-order valence-electron chi connectivity index (χ4n) is 8.42. The maximum absolute atomic E-state index is 6.94. The van der Waals surface area contributed by atoms with E-state index in [1.807, 2.05) is 0 Å². The van der Waals surface area contributed by atoms with Gasteiger partial charge in [-0.1, -0.05) is 159 Å². The van der Waals surface area contributed by atoms with Gasteiger partial charge in [0.25, 0.3) is 0 Å². The molecule has 0 saturated heterocycles. The molecule has 242 valence electrons. The van der Waals surface area contributed by atoms with Crippen molar-refractivity contribution in [1.82, 2.24) is 0 Å². The molecule has 0 amide bonds. The Labute approximate surface area is 297 Å². The lowest BCUT2D eigenvalue weighted by Gasteiger charge is -2.31. The number of hydrogen-bond donors (Lipinski definition) is 0. The number of hydrogen-bond acceptors (Lipinski definition) is 2. The molecule has 0 spiro atoms. The average molecular weight is 654 g/mol. The lowest BCUT2D eigenvalue weighted by atomic mass is 9.82. The predicted octanol–water partition coefficient (Wildman–Crippen LogP) is 13.8. The molecule has 0 aliphatic heterocycles. The van der Waals surface area contributed by atoms with Crippen LogP contribution in [-0.4, -0.2) is 0 Å². The molecule has 0 fully saturated rings. The molecule has 10 rings (SSSR count). The maximum atomic E-state index is 6.94. The third-order valence-electron chi connectivity index (χ3n) is 10.8. The molecule has 1 aliphatic carbocycles. The molecule has 0 saturated carbocycles. The molecule has 0 atom stereocenters. The van der Waals surface area contributed by atoms with Crippen LogP contribution in [0.5, 0.6) is 0 Å². The highest BCUT2D eigenvalue weighted by atomic mass is 16.3. The van der Waals surface area contributed by atoms with Crippen LogP contribution < -0.4 is 4.90 Å². The van der Waals surface area contributed by atoms with Crippen LogP contribution in [0, 0.1) is 0 Å². The zero-order valence-electron chi connectivity index (χ0n) is 28.6. The Hall–Kier alpha value is -6.38. The standard InChI is InChI=1S/C49H35NO/c1-49(2)40-24-13-11-22-37(40)47-41(49)25-15-26-43(47)50(42-29-28-34(32-16-5-3-6-17-32)30-39(42)33-18-7-4-8-19-33)44-31-35-20-9-10-21-36(35)46-38-23-12-14-27-45(38)51-48(44)46/h3-31H,1-2H3. The van der Waals surface area contributed by atoms with Crippen molar-refractivity contribution < 1.29 is 4.42 Å². The highest BCUT2D eigenvalue weighted by molar-refractivity contribution is 6.23. The molecule has 9 aromatic rings. The molecule has 0 unspecified atom stereocenters. The van der Waals surface area contributed by atoms with E-state index in [2.05, 4.69) is 195 Å². The van der Waals surface area contributed by atoms with Crippen molar-refractivity contribution in [3.63, 3.8) is 0 Å². The number of para-hydroxylation sites is 1. The van der Waals surface area contributed by atoms with E-state index in [-0.39, 0.29) is 5.41 Å². The fourth-order valence-corrected chi connectivity index (χ4v) is 8.42. The van der Waals surface area contributed by atoms with Crippen LogP contribution in [0.3, 0.4) is 0 Å². The summed E-state index contributed by atoms with van der Waals surface area (Å²) in [6.07, 6.45) is 0. The summed E-state index contributed by atoms with van der Waals surface area (Å²) in [6.45, 7) is 4.70. The van der Waals surface area contributed by atoms with Gasteiger partial charge < -0.3 is 9.32 Å².